The number of benzene rings is 2. The van der Waals surface area contributed by atoms with Crippen molar-refractivity contribution in [2.45, 2.75) is 33.2 Å². The Morgan fingerprint density at radius 2 is 1.83 bits per heavy atom. The van der Waals surface area contributed by atoms with Gasteiger partial charge in [0.2, 0.25) is 5.91 Å². The summed E-state index contributed by atoms with van der Waals surface area (Å²) < 4.78 is 0. The summed E-state index contributed by atoms with van der Waals surface area (Å²) in [4.78, 5) is 12.4. The summed E-state index contributed by atoms with van der Waals surface area (Å²) in [5.41, 5.74) is 10.5. The minimum Gasteiger partial charge on any atom is -0.326 e. The maximum absolute atomic E-state index is 12.4. The topological polar surface area (TPSA) is 55.1 Å². The molecule has 23 heavy (non-hydrogen) atoms. The zero-order valence-electron chi connectivity index (χ0n) is 13.9. The van der Waals surface area contributed by atoms with Crippen LogP contribution in [0.2, 0.25) is 0 Å². The molecule has 0 aliphatic rings. The third-order valence-electron chi connectivity index (χ3n) is 4.13. The van der Waals surface area contributed by atoms with Crippen LogP contribution >= 0.6 is 12.4 Å². The van der Waals surface area contributed by atoms with E-state index in [1.165, 1.54) is 11.1 Å². The van der Waals surface area contributed by atoms with Gasteiger partial charge in [-0.3, -0.25) is 4.79 Å². The van der Waals surface area contributed by atoms with E-state index < -0.39 is 0 Å². The Morgan fingerprint density at radius 3 is 2.43 bits per heavy atom. The zero-order chi connectivity index (χ0) is 16.1. The molecular weight excluding hydrogens is 308 g/mol. The quantitative estimate of drug-likeness (QED) is 0.859. The molecule has 0 aliphatic carbocycles. The molecule has 0 spiro atoms. The van der Waals surface area contributed by atoms with E-state index in [0.717, 1.165) is 17.7 Å². The lowest BCUT2D eigenvalue weighted by Gasteiger charge is -2.20. The van der Waals surface area contributed by atoms with Gasteiger partial charge < -0.3 is 11.1 Å². The second-order valence-electron chi connectivity index (χ2n) is 5.71. The lowest BCUT2D eigenvalue weighted by Crippen LogP contribution is -2.30. The number of halogens is 1. The lowest BCUT2D eigenvalue weighted by molar-refractivity contribution is -0.120. The Morgan fingerprint density at radius 1 is 1.17 bits per heavy atom. The highest BCUT2D eigenvalue weighted by Crippen LogP contribution is 2.22. The van der Waals surface area contributed by atoms with Gasteiger partial charge in [0.15, 0.2) is 0 Å². The van der Waals surface area contributed by atoms with Crippen molar-refractivity contribution in [1.82, 2.24) is 0 Å². The average Bonchev–Trinajstić information content (AvgIpc) is 2.55. The van der Waals surface area contributed by atoms with Gasteiger partial charge in [0.1, 0.15) is 0 Å². The summed E-state index contributed by atoms with van der Waals surface area (Å²) >= 11 is 0. The number of hydrogen-bond donors (Lipinski definition) is 2. The zero-order valence-corrected chi connectivity index (χ0v) is 14.7. The largest absolute Gasteiger partial charge is 0.326 e. The minimum absolute atomic E-state index is 0. The summed E-state index contributed by atoms with van der Waals surface area (Å²) in [6, 6.07) is 15.4. The standard InChI is InChI=1S/C19H24N2O.ClH/c1-4-15-12-17(11-10-13(15)2)21-19(22)14(3)18(20)16-8-6-5-7-9-16;/h5-12,14,18H,4,20H2,1-3H3,(H,21,22);1H. The van der Waals surface area contributed by atoms with Gasteiger partial charge in [-0.05, 0) is 42.2 Å². The van der Waals surface area contributed by atoms with E-state index in [9.17, 15) is 4.79 Å². The third-order valence-corrected chi connectivity index (χ3v) is 4.13. The lowest BCUT2D eigenvalue weighted by atomic mass is 9.94. The van der Waals surface area contributed by atoms with Crippen molar-refractivity contribution in [3.8, 4) is 0 Å². The van der Waals surface area contributed by atoms with E-state index in [2.05, 4.69) is 19.2 Å². The molecule has 3 N–H and O–H groups in total. The van der Waals surface area contributed by atoms with Gasteiger partial charge in [-0.2, -0.15) is 0 Å². The van der Waals surface area contributed by atoms with Crippen molar-refractivity contribution in [1.29, 1.82) is 0 Å². The van der Waals surface area contributed by atoms with E-state index >= 15 is 0 Å². The van der Waals surface area contributed by atoms with E-state index in [4.69, 9.17) is 5.73 Å². The highest BCUT2D eigenvalue weighted by Gasteiger charge is 2.22. The Bertz CT molecular complexity index is 643. The number of hydrogen-bond acceptors (Lipinski definition) is 2. The van der Waals surface area contributed by atoms with Crippen LogP contribution in [0.5, 0.6) is 0 Å². The maximum atomic E-state index is 12.4. The monoisotopic (exact) mass is 332 g/mol. The van der Waals surface area contributed by atoms with Crippen LogP contribution in [-0.4, -0.2) is 5.91 Å². The SMILES string of the molecule is CCc1cc(NC(=O)C(C)C(N)c2ccccc2)ccc1C.Cl. The Labute approximate surface area is 144 Å². The first-order chi connectivity index (χ1) is 10.5. The molecule has 0 saturated carbocycles. The summed E-state index contributed by atoms with van der Waals surface area (Å²) in [5.74, 6) is -0.351. The summed E-state index contributed by atoms with van der Waals surface area (Å²) in [7, 11) is 0. The number of nitrogens with one attached hydrogen (secondary N) is 1. The molecule has 0 fully saturated rings. The summed E-state index contributed by atoms with van der Waals surface area (Å²) in [6.07, 6.45) is 0.953. The molecule has 2 unspecified atom stereocenters. The van der Waals surface area contributed by atoms with Crippen LogP contribution in [0.25, 0.3) is 0 Å². The molecule has 2 rings (SSSR count). The Hall–Kier alpha value is -1.84. The van der Waals surface area contributed by atoms with Gasteiger partial charge in [0, 0.05) is 11.7 Å². The Kier molecular flexibility index (Phi) is 7.27. The fourth-order valence-electron chi connectivity index (χ4n) is 2.51. The van der Waals surface area contributed by atoms with Crippen LogP contribution in [-0.2, 0) is 11.2 Å². The van der Waals surface area contributed by atoms with Crippen molar-refractivity contribution >= 4 is 24.0 Å². The van der Waals surface area contributed by atoms with E-state index in [1.807, 2.05) is 55.5 Å². The molecule has 3 nitrogen and oxygen atoms in total. The van der Waals surface area contributed by atoms with Crippen molar-refractivity contribution in [2.75, 3.05) is 5.32 Å². The molecule has 2 aromatic carbocycles. The van der Waals surface area contributed by atoms with Gasteiger partial charge >= 0.3 is 0 Å². The summed E-state index contributed by atoms with van der Waals surface area (Å²) in [5, 5.41) is 2.98. The smallest absolute Gasteiger partial charge is 0.229 e. The molecule has 4 heteroatoms. The van der Waals surface area contributed by atoms with Crippen LogP contribution in [0.15, 0.2) is 48.5 Å². The van der Waals surface area contributed by atoms with Crippen molar-refractivity contribution < 1.29 is 4.79 Å². The predicted molar refractivity (Wildman–Crippen MR) is 99.0 cm³/mol. The number of aryl methyl sites for hydroxylation is 2. The van der Waals surface area contributed by atoms with Crippen LogP contribution in [0.3, 0.4) is 0 Å². The van der Waals surface area contributed by atoms with Crippen LogP contribution < -0.4 is 11.1 Å². The second-order valence-corrected chi connectivity index (χ2v) is 5.71. The fraction of sp³-hybridized carbons (Fsp3) is 0.316. The van der Waals surface area contributed by atoms with Gasteiger partial charge in [0.05, 0.1) is 5.92 Å². The molecule has 0 radical (unpaired) electrons. The predicted octanol–water partition coefficient (Wildman–Crippen LogP) is 4.25. The number of anilines is 1. The van der Waals surface area contributed by atoms with Gasteiger partial charge in [-0.15, -0.1) is 12.4 Å². The van der Waals surface area contributed by atoms with E-state index in [0.29, 0.717) is 0 Å². The highest BCUT2D eigenvalue weighted by molar-refractivity contribution is 5.93. The minimum atomic E-state index is -0.308. The Balaban J connectivity index is 0.00000264. The molecule has 2 atom stereocenters. The maximum Gasteiger partial charge on any atom is 0.229 e. The van der Waals surface area contributed by atoms with E-state index in [1.54, 1.807) is 0 Å². The normalized spacial score (nSPS) is 12.9. The fourth-order valence-corrected chi connectivity index (χ4v) is 2.51. The van der Waals surface area contributed by atoms with Crippen molar-refractivity contribution in [2.24, 2.45) is 11.7 Å². The van der Waals surface area contributed by atoms with Gasteiger partial charge in [0.25, 0.3) is 0 Å². The van der Waals surface area contributed by atoms with Crippen LogP contribution in [0, 0.1) is 12.8 Å². The van der Waals surface area contributed by atoms with Crippen LogP contribution in [0.4, 0.5) is 5.69 Å². The number of rotatable bonds is 5. The molecule has 2 aromatic rings. The second kappa shape index (κ2) is 8.70. The number of nitrogens with two attached hydrogens (primary N) is 1. The molecule has 0 bridgehead atoms. The number of carbonyl (C=O) groups excluding carboxylic acids is 1. The number of amides is 1. The van der Waals surface area contributed by atoms with Gasteiger partial charge in [-0.25, -0.2) is 0 Å². The average molecular weight is 333 g/mol. The molecule has 0 aromatic heterocycles. The molecule has 124 valence electrons. The molecule has 0 aliphatic heterocycles. The van der Waals surface area contributed by atoms with Crippen molar-refractivity contribution in [3.05, 3.63) is 65.2 Å². The van der Waals surface area contributed by atoms with Crippen molar-refractivity contribution in [3.63, 3.8) is 0 Å². The first-order valence-electron chi connectivity index (χ1n) is 7.73. The van der Waals surface area contributed by atoms with Gasteiger partial charge in [-0.1, -0.05) is 50.2 Å². The molecule has 0 saturated heterocycles. The highest BCUT2D eigenvalue weighted by atomic mass is 35.5. The van der Waals surface area contributed by atoms with Crippen LogP contribution in [0.1, 0.15) is 36.6 Å². The molecule has 0 heterocycles. The summed E-state index contributed by atoms with van der Waals surface area (Å²) in [6.45, 7) is 6.06. The number of carbonyl (C=O) groups is 1. The first kappa shape index (κ1) is 19.2. The van der Waals surface area contributed by atoms with E-state index in [-0.39, 0.29) is 30.3 Å². The molecular formula is C19H25ClN2O. The third kappa shape index (κ3) is 4.81. The molecule has 1 amide bonds. The first-order valence-corrected chi connectivity index (χ1v) is 7.73.